The fraction of sp³-hybridized carbons (Fsp3) is 0.292. The van der Waals surface area contributed by atoms with E-state index < -0.39 is 5.97 Å². The van der Waals surface area contributed by atoms with E-state index in [1.807, 2.05) is 32.0 Å². The number of aromatic nitrogens is 1. The van der Waals surface area contributed by atoms with E-state index in [-0.39, 0.29) is 6.04 Å². The molecule has 2 aromatic carbocycles. The van der Waals surface area contributed by atoms with Crippen molar-refractivity contribution in [3.8, 4) is 0 Å². The lowest BCUT2D eigenvalue weighted by molar-refractivity contribution is -0.255. The second-order valence-electron chi connectivity index (χ2n) is 7.40. The first-order chi connectivity index (χ1) is 13.4. The van der Waals surface area contributed by atoms with E-state index in [1.54, 1.807) is 0 Å². The number of carbonyl (C=O) groups excluding carboxylic acids is 1. The molecule has 0 amide bonds. The smallest absolute Gasteiger partial charge is 0.0736 e. The summed E-state index contributed by atoms with van der Waals surface area (Å²) in [5, 5.41) is 15.3. The Kier molecular flexibility index (Phi) is 6.00. The Balaban J connectivity index is 1.87. The van der Waals surface area contributed by atoms with Crippen molar-refractivity contribution in [2.45, 2.75) is 46.8 Å². The minimum absolute atomic E-state index is 0.121. The summed E-state index contributed by atoms with van der Waals surface area (Å²) in [4.78, 5) is 11.9. The molecule has 28 heavy (non-hydrogen) atoms. The van der Waals surface area contributed by atoms with Gasteiger partial charge in [0.15, 0.2) is 0 Å². The highest BCUT2D eigenvalue weighted by Crippen LogP contribution is 2.24. The molecule has 0 radical (unpaired) electrons. The minimum Gasteiger partial charge on any atom is -0.545 e. The molecule has 3 aromatic rings. The van der Waals surface area contributed by atoms with Crippen molar-refractivity contribution >= 4 is 5.97 Å². The van der Waals surface area contributed by atoms with Crippen molar-refractivity contribution in [2.24, 2.45) is 0 Å². The van der Waals surface area contributed by atoms with Crippen LogP contribution in [-0.2, 0) is 13.1 Å². The Hall–Kier alpha value is -2.85. The van der Waals surface area contributed by atoms with E-state index >= 15 is 0 Å². The summed E-state index contributed by atoms with van der Waals surface area (Å²) >= 11 is 0. The molecule has 1 unspecified atom stereocenters. The summed E-state index contributed by atoms with van der Waals surface area (Å²) in [5.74, 6) is -1.12. The summed E-state index contributed by atoms with van der Waals surface area (Å²) in [7, 11) is 0. The predicted octanol–water partition coefficient (Wildman–Crippen LogP) is 3.68. The SMILES string of the molecule is Cc1ccc(Cn2c(C)c(CNC(C)c3ccccc3)c(C(=O)[O-])c2C)cc1. The second-order valence-corrected chi connectivity index (χ2v) is 7.40. The van der Waals surface area contributed by atoms with Crippen LogP contribution >= 0.6 is 0 Å². The van der Waals surface area contributed by atoms with Crippen LogP contribution in [0.2, 0.25) is 0 Å². The molecule has 146 valence electrons. The van der Waals surface area contributed by atoms with Crippen LogP contribution < -0.4 is 10.4 Å². The molecule has 1 atom stereocenters. The molecule has 4 heteroatoms. The van der Waals surface area contributed by atoms with E-state index in [2.05, 4.69) is 60.1 Å². The molecule has 0 saturated heterocycles. The number of carboxylic acids is 1. The Labute approximate surface area is 166 Å². The normalized spacial score (nSPS) is 12.1. The average Bonchev–Trinajstić information content (AvgIpc) is 2.92. The molecule has 0 aliphatic rings. The number of hydrogen-bond acceptors (Lipinski definition) is 3. The van der Waals surface area contributed by atoms with Crippen LogP contribution in [0, 0.1) is 20.8 Å². The van der Waals surface area contributed by atoms with Crippen molar-refractivity contribution in [2.75, 3.05) is 0 Å². The van der Waals surface area contributed by atoms with Gasteiger partial charge in [0.05, 0.1) is 5.97 Å². The van der Waals surface area contributed by atoms with Crippen molar-refractivity contribution in [1.82, 2.24) is 9.88 Å². The monoisotopic (exact) mass is 375 g/mol. The second kappa shape index (κ2) is 8.44. The van der Waals surface area contributed by atoms with Crippen molar-refractivity contribution in [1.29, 1.82) is 0 Å². The maximum atomic E-state index is 11.9. The molecule has 1 N–H and O–H groups in total. The summed E-state index contributed by atoms with van der Waals surface area (Å²) in [6.45, 7) is 9.11. The van der Waals surface area contributed by atoms with Gasteiger partial charge in [-0.05, 0) is 44.4 Å². The molecule has 0 aliphatic heterocycles. The van der Waals surface area contributed by atoms with Gasteiger partial charge in [0.25, 0.3) is 0 Å². The van der Waals surface area contributed by atoms with E-state index in [9.17, 15) is 9.90 Å². The number of carboxylic acid groups (broad SMARTS) is 1. The Morgan fingerprint density at radius 2 is 1.64 bits per heavy atom. The van der Waals surface area contributed by atoms with Crippen LogP contribution in [0.15, 0.2) is 54.6 Å². The van der Waals surface area contributed by atoms with E-state index in [4.69, 9.17) is 0 Å². The largest absolute Gasteiger partial charge is 0.545 e. The van der Waals surface area contributed by atoms with Gasteiger partial charge in [-0.1, -0.05) is 60.2 Å². The number of carbonyl (C=O) groups is 1. The van der Waals surface area contributed by atoms with Crippen LogP contribution in [0.4, 0.5) is 0 Å². The molecule has 0 fully saturated rings. The van der Waals surface area contributed by atoms with Gasteiger partial charge in [0.2, 0.25) is 0 Å². The first kappa shape index (κ1) is 19.9. The Bertz CT molecular complexity index is 957. The molecule has 4 nitrogen and oxygen atoms in total. The third-order valence-corrected chi connectivity index (χ3v) is 5.46. The maximum Gasteiger partial charge on any atom is 0.0736 e. The Morgan fingerprint density at radius 3 is 2.25 bits per heavy atom. The first-order valence-electron chi connectivity index (χ1n) is 9.62. The van der Waals surface area contributed by atoms with Crippen LogP contribution in [0.25, 0.3) is 0 Å². The van der Waals surface area contributed by atoms with Crippen LogP contribution in [-0.4, -0.2) is 10.5 Å². The first-order valence-corrected chi connectivity index (χ1v) is 9.62. The lowest BCUT2D eigenvalue weighted by atomic mass is 10.1. The van der Waals surface area contributed by atoms with Gasteiger partial charge in [-0.15, -0.1) is 0 Å². The highest BCUT2D eigenvalue weighted by molar-refractivity contribution is 5.89. The van der Waals surface area contributed by atoms with Crippen molar-refractivity contribution in [3.63, 3.8) is 0 Å². The zero-order valence-electron chi connectivity index (χ0n) is 17.0. The third kappa shape index (κ3) is 4.18. The standard InChI is InChI=1S/C24H28N2O2/c1-16-10-12-20(13-11-16)15-26-18(3)22(23(19(26)4)24(27)28)14-25-17(2)21-8-6-5-7-9-21/h5-13,17,25H,14-15H2,1-4H3,(H,27,28)/p-1. The molecule has 0 spiro atoms. The third-order valence-electron chi connectivity index (χ3n) is 5.46. The topological polar surface area (TPSA) is 57.1 Å². The molecule has 0 aliphatic carbocycles. The number of nitrogens with zero attached hydrogens (tertiary/aromatic N) is 1. The van der Waals surface area contributed by atoms with Gasteiger partial charge >= 0.3 is 0 Å². The summed E-state index contributed by atoms with van der Waals surface area (Å²) in [6, 6.07) is 18.6. The lowest BCUT2D eigenvalue weighted by Crippen LogP contribution is -2.26. The number of rotatable bonds is 7. The number of hydrogen-bond donors (Lipinski definition) is 1. The molecular formula is C24H27N2O2-. The van der Waals surface area contributed by atoms with Crippen LogP contribution in [0.1, 0.15) is 57.0 Å². The molecule has 3 rings (SSSR count). The lowest BCUT2D eigenvalue weighted by Gasteiger charge is -2.16. The predicted molar refractivity (Wildman–Crippen MR) is 110 cm³/mol. The fourth-order valence-electron chi connectivity index (χ4n) is 3.66. The maximum absolute atomic E-state index is 11.9. The van der Waals surface area contributed by atoms with Crippen molar-refractivity contribution < 1.29 is 9.90 Å². The zero-order valence-corrected chi connectivity index (χ0v) is 17.0. The van der Waals surface area contributed by atoms with E-state index in [1.165, 1.54) is 11.1 Å². The quantitative estimate of drug-likeness (QED) is 0.685. The minimum atomic E-state index is -1.12. The van der Waals surface area contributed by atoms with Gasteiger partial charge in [-0.2, -0.15) is 0 Å². The molecule has 1 aromatic heterocycles. The number of benzene rings is 2. The van der Waals surface area contributed by atoms with Gasteiger partial charge < -0.3 is 19.8 Å². The summed E-state index contributed by atoms with van der Waals surface area (Å²) in [5.41, 5.74) is 6.33. The summed E-state index contributed by atoms with van der Waals surface area (Å²) < 4.78 is 2.07. The molecule has 1 heterocycles. The molecule has 0 bridgehead atoms. The highest BCUT2D eigenvalue weighted by atomic mass is 16.4. The molecule has 0 saturated carbocycles. The summed E-state index contributed by atoms with van der Waals surface area (Å²) in [6.07, 6.45) is 0. The average molecular weight is 375 g/mol. The van der Waals surface area contributed by atoms with Crippen molar-refractivity contribution in [3.05, 3.63) is 93.8 Å². The van der Waals surface area contributed by atoms with Crippen LogP contribution in [0.5, 0.6) is 0 Å². The number of aromatic carboxylic acids is 1. The number of aryl methyl sites for hydroxylation is 1. The fourth-order valence-corrected chi connectivity index (χ4v) is 3.66. The number of nitrogens with one attached hydrogen (secondary N) is 1. The van der Waals surface area contributed by atoms with Crippen LogP contribution in [0.3, 0.4) is 0 Å². The van der Waals surface area contributed by atoms with E-state index in [0.717, 1.165) is 22.5 Å². The van der Waals surface area contributed by atoms with Gasteiger partial charge in [0, 0.05) is 36.1 Å². The van der Waals surface area contributed by atoms with Gasteiger partial charge in [-0.3, -0.25) is 0 Å². The molecular weight excluding hydrogens is 348 g/mol. The zero-order chi connectivity index (χ0) is 20.3. The van der Waals surface area contributed by atoms with E-state index in [0.29, 0.717) is 18.7 Å². The van der Waals surface area contributed by atoms with Gasteiger partial charge in [0.1, 0.15) is 0 Å². The Morgan fingerprint density at radius 1 is 1.00 bits per heavy atom. The highest BCUT2D eigenvalue weighted by Gasteiger charge is 2.19. The van der Waals surface area contributed by atoms with Gasteiger partial charge in [-0.25, -0.2) is 0 Å².